The van der Waals surface area contributed by atoms with Crippen LogP contribution in [0, 0.1) is 6.92 Å². The second-order valence-corrected chi connectivity index (χ2v) is 5.86. The van der Waals surface area contributed by atoms with Crippen LogP contribution in [0.2, 0.25) is 0 Å². The van der Waals surface area contributed by atoms with E-state index in [1.165, 1.54) is 0 Å². The molecule has 9 nitrogen and oxygen atoms in total. The summed E-state index contributed by atoms with van der Waals surface area (Å²) < 4.78 is 1.91. The Labute approximate surface area is 180 Å². The Morgan fingerprint density at radius 2 is 2.00 bits per heavy atom. The van der Waals surface area contributed by atoms with E-state index in [-0.39, 0.29) is 29.9 Å². The van der Waals surface area contributed by atoms with E-state index in [1.807, 2.05) is 47.9 Å². The molecule has 3 rings (SSSR count). The number of carbonyl (C=O) groups is 1. The lowest BCUT2D eigenvalue weighted by Crippen LogP contribution is -2.38. The van der Waals surface area contributed by atoms with E-state index in [2.05, 4.69) is 36.1 Å². The summed E-state index contributed by atoms with van der Waals surface area (Å²) in [6, 6.07) is 11.2. The van der Waals surface area contributed by atoms with Crippen LogP contribution in [0.15, 0.2) is 47.6 Å². The fourth-order valence-corrected chi connectivity index (χ4v) is 2.51. The highest BCUT2D eigenvalue weighted by molar-refractivity contribution is 14.0. The van der Waals surface area contributed by atoms with Crippen molar-refractivity contribution in [3.63, 3.8) is 0 Å². The predicted molar refractivity (Wildman–Crippen MR) is 119 cm³/mol. The molecule has 0 aliphatic heterocycles. The van der Waals surface area contributed by atoms with Gasteiger partial charge in [0, 0.05) is 31.9 Å². The van der Waals surface area contributed by atoms with Gasteiger partial charge < -0.3 is 16.0 Å². The van der Waals surface area contributed by atoms with Crippen LogP contribution in [0.1, 0.15) is 17.9 Å². The number of carbonyl (C=O) groups excluding carboxylic acids is 1. The highest BCUT2D eigenvalue weighted by atomic mass is 127. The first-order valence-corrected chi connectivity index (χ1v) is 8.62. The molecule has 3 heterocycles. The second-order valence-electron chi connectivity index (χ2n) is 5.86. The predicted octanol–water partition coefficient (Wildman–Crippen LogP) is 1.74. The topological polar surface area (TPSA) is 109 Å². The first-order valence-electron chi connectivity index (χ1n) is 8.62. The number of pyridine rings is 2. The van der Waals surface area contributed by atoms with E-state index >= 15 is 0 Å². The van der Waals surface area contributed by atoms with Gasteiger partial charge in [0.2, 0.25) is 5.91 Å². The maximum Gasteiger partial charge on any atom is 0.227 e. The Morgan fingerprint density at radius 1 is 1.14 bits per heavy atom. The van der Waals surface area contributed by atoms with Gasteiger partial charge in [0.1, 0.15) is 5.82 Å². The summed E-state index contributed by atoms with van der Waals surface area (Å²) in [7, 11) is 1.67. The lowest BCUT2D eigenvalue weighted by molar-refractivity contribution is -0.116. The monoisotopic (exact) mass is 494 g/mol. The molecule has 28 heavy (non-hydrogen) atoms. The highest BCUT2D eigenvalue weighted by Crippen LogP contribution is 2.04. The first-order chi connectivity index (χ1) is 13.2. The van der Waals surface area contributed by atoms with Crippen molar-refractivity contribution in [1.29, 1.82) is 0 Å². The minimum Gasteiger partial charge on any atom is -0.356 e. The minimum absolute atomic E-state index is 0. The zero-order valence-corrected chi connectivity index (χ0v) is 18.0. The van der Waals surface area contributed by atoms with Crippen molar-refractivity contribution in [2.24, 2.45) is 4.99 Å². The standard InChI is InChI=1S/C18H22N8O.HI/c1-13-6-5-7-14(22-13)23-17(27)9-10-20-18(19-2)21-12-16-25-24-15-8-3-4-11-26(15)16;/h3-8,11H,9-10,12H2,1-2H3,(H2,19,20,21)(H,22,23,27);1H. The first kappa shape index (κ1) is 21.5. The third-order valence-corrected chi connectivity index (χ3v) is 3.82. The van der Waals surface area contributed by atoms with Crippen LogP contribution in [0.5, 0.6) is 0 Å². The number of nitrogens with one attached hydrogen (secondary N) is 3. The third-order valence-electron chi connectivity index (χ3n) is 3.82. The second kappa shape index (κ2) is 10.5. The quantitative estimate of drug-likeness (QED) is 0.274. The summed E-state index contributed by atoms with van der Waals surface area (Å²) in [5.74, 6) is 1.81. The van der Waals surface area contributed by atoms with Crippen molar-refractivity contribution in [3.05, 3.63) is 54.1 Å². The number of aromatic nitrogens is 4. The molecule has 0 radical (unpaired) electrons. The van der Waals surface area contributed by atoms with Gasteiger partial charge in [-0.3, -0.25) is 14.2 Å². The van der Waals surface area contributed by atoms with E-state index in [1.54, 1.807) is 13.1 Å². The van der Waals surface area contributed by atoms with E-state index in [0.29, 0.717) is 31.3 Å². The summed E-state index contributed by atoms with van der Waals surface area (Å²) in [5, 5.41) is 17.3. The number of guanidine groups is 1. The van der Waals surface area contributed by atoms with Gasteiger partial charge in [0.15, 0.2) is 17.4 Å². The molecule has 0 saturated heterocycles. The number of anilines is 1. The maximum absolute atomic E-state index is 12.0. The number of halogens is 1. The minimum atomic E-state index is -0.112. The zero-order chi connectivity index (χ0) is 19.1. The van der Waals surface area contributed by atoms with E-state index in [0.717, 1.165) is 17.2 Å². The van der Waals surface area contributed by atoms with Gasteiger partial charge in [-0.1, -0.05) is 12.1 Å². The summed E-state index contributed by atoms with van der Waals surface area (Å²) in [6.45, 7) is 2.79. The van der Waals surface area contributed by atoms with Crippen molar-refractivity contribution in [3.8, 4) is 0 Å². The molecule has 0 saturated carbocycles. The molecule has 10 heteroatoms. The van der Waals surface area contributed by atoms with Crippen molar-refractivity contribution in [2.45, 2.75) is 19.9 Å². The molecule has 3 N–H and O–H groups in total. The van der Waals surface area contributed by atoms with E-state index in [4.69, 9.17) is 0 Å². The van der Waals surface area contributed by atoms with Crippen molar-refractivity contribution >= 4 is 47.3 Å². The average molecular weight is 494 g/mol. The molecule has 0 atom stereocenters. The number of hydrogen-bond acceptors (Lipinski definition) is 5. The van der Waals surface area contributed by atoms with Gasteiger partial charge in [0.25, 0.3) is 0 Å². The van der Waals surface area contributed by atoms with Crippen LogP contribution in [0.25, 0.3) is 5.65 Å². The van der Waals surface area contributed by atoms with Gasteiger partial charge in [-0.25, -0.2) is 4.98 Å². The molecule has 0 aliphatic carbocycles. The van der Waals surface area contributed by atoms with Crippen molar-refractivity contribution < 1.29 is 4.79 Å². The molecule has 148 valence electrons. The molecule has 0 aliphatic rings. The lowest BCUT2D eigenvalue weighted by atomic mass is 10.3. The molecule has 3 aromatic rings. The zero-order valence-electron chi connectivity index (χ0n) is 15.7. The normalized spacial score (nSPS) is 11.0. The van der Waals surface area contributed by atoms with Crippen LogP contribution in [-0.2, 0) is 11.3 Å². The summed E-state index contributed by atoms with van der Waals surface area (Å²) >= 11 is 0. The number of nitrogens with zero attached hydrogens (tertiary/aromatic N) is 5. The molecule has 0 unspecified atom stereocenters. The Morgan fingerprint density at radius 3 is 2.79 bits per heavy atom. The molecular weight excluding hydrogens is 471 g/mol. The van der Waals surface area contributed by atoms with Gasteiger partial charge in [-0.05, 0) is 31.2 Å². The summed E-state index contributed by atoms with van der Waals surface area (Å²) in [4.78, 5) is 20.4. The van der Waals surface area contributed by atoms with Crippen LogP contribution >= 0.6 is 24.0 Å². The SMILES string of the molecule is CN=C(NCCC(=O)Nc1cccc(C)n1)NCc1nnc2ccccn12.I. The highest BCUT2D eigenvalue weighted by Gasteiger charge is 2.07. The molecule has 0 aromatic carbocycles. The lowest BCUT2D eigenvalue weighted by Gasteiger charge is -2.11. The average Bonchev–Trinajstić information content (AvgIpc) is 3.08. The molecule has 0 bridgehead atoms. The molecule has 1 amide bonds. The van der Waals surface area contributed by atoms with Crippen molar-refractivity contribution in [2.75, 3.05) is 18.9 Å². The van der Waals surface area contributed by atoms with Crippen LogP contribution in [0.3, 0.4) is 0 Å². The van der Waals surface area contributed by atoms with Crippen LogP contribution < -0.4 is 16.0 Å². The fraction of sp³-hybridized carbons (Fsp3) is 0.278. The Balaban J connectivity index is 0.00000280. The smallest absolute Gasteiger partial charge is 0.227 e. The van der Waals surface area contributed by atoms with Crippen molar-refractivity contribution in [1.82, 2.24) is 30.2 Å². The number of rotatable bonds is 6. The largest absolute Gasteiger partial charge is 0.356 e. The van der Waals surface area contributed by atoms with Gasteiger partial charge >= 0.3 is 0 Å². The Kier molecular flexibility index (Phi) is 8.11. The van der Waals surface area contributed by atoms with E-state index < -0.39 is 0 Å². The number of aryl methyl sites for hydroxylation is 1. The Hall–Kier alpha value is -2.76. The van der Waals surface area contributed by atoms with E-state index in [9.17, 15) is 4.79 Å². The fourth-order valence-electron chi connectivity index (χ4n) is 2.51. The van der Waals surface area contributed by atoms with Gasteiger partial charge in [0.05, 0.1) is 6.54 Å². The summed E-state index contributed by atoms with van der Waals surface area (Å²) in [6.07, 6.45) is 2.20. The Bertz CT molecular complexity index is 955. The van der Waals surface area contributed by atoms with Crippen LogP contribution in [0.4, 0.5) is 5.82 Å². The molecule has 0 spiro atoms. The molecular formula is C18H23IN8O. The number of fused-ring (bicyclic) bond motifs is 1. The molecule has 0 fully saturated rings. The number of hydrogen-bond donors (Lipinski definition) is 3. The van der Waals surface area contributed by atoms with Gasteiger partial charge in [-0.2, -0.15) is 0 Å². The maximum atomic E-state index is 12.0. The van der Waals surface area contributed by atoms with Crippen LogP contribution in [-0.4, -0.2) is 45.0 Å². The number of aliphatic imine (C=N–C) groups is 1. The third kappa shape index (κ3) is 5.87. The van der Waals surface area contributed by atoms with Gasteiger partial charge in [-0.15, -0.1) is 34.2 Å². The summed E-state index contributed by atoms with van der Waals surface area (Å²) in [5.41, 5.74) is 1.65. The molecule has 3 aromatic heterocycles. The number of amides is 1.